The fraction of sp³-hybridized carbons (Fsp3) is 0.0741. The SMILES string of the molecule is C#Cc1cccc(C2(N)NC=Cc3c2ccc(C)c3Nc2ncccc2-c2ccncn2)c1. The highest BCUT2D eigenvalue weighted by Crippen LogP contribution is 2.38. The van der Waals surface area contributed by atoms with E-state index in [-0.39, 0.29) is 0 Å². The number of rotatable bonds is 4. The molecule has 6 nitrogen and oxygen atoms in total. The number of nitrogens with zero attached hydrogens (tertiary/aromatic N) is 3. The summed E-state index contributed by atoms with van der Waals surface area (Å²) in [5, 5.41) is 6.88. The highest BCUT2D eigenvalue weighted by atomic mass is 15.1. The molecule has 6 heteroatoms. The van der Waals surface area contributed by atoms with Crippen molar-refractivity contribution in [2.45, 2.75) is 12.6 Å². The van der Waals surface area contributed by atoms with Gasteiger partial charge in [0, 0.05) is 34.6 Å². The average Bonchev–Trinajstić information content (AvgIpc) is 2.87. The lowest BCUT2D eigenvalue weighted by Crippen LogP contribution is -2.50. The Bertz CT molecular complexity index is 1400. The second-order valence-corrected chi connectivity index (χ2v) is 7.85. The number of pyridine rings is 1. The molecule has 0 spiro atoms. The smallest absolute Gasteiger partial charge is 0.139 e. The maximum atomic E-state index is 6.96. The van der Waals surface area contributed by atoms with E-state index in [9.17, 15) is 0 Å². The monoisotopic (exact) mass is 430 g/mol. The Balaban J connectivity index is 1.63. The lowest BCUT2D eigenvalue weighted by Gasteiger charge is -2.36. The summed E-state index contributed by atoms with van der Waals surface area (Å²) in [6, 6.07) is 17.6. The van der Waals surface area contributed by atoms with E-state index >= 15 is 0 Å². The van der Waals surface area contributed by atoms with Gasteiger partial charge in [0.1, 0.15) is 17.8 Å². The second-order valence-electron chi connectivity index (χ2n) is 7.85. The molecular formula is C27H22N6. The number of anilines is 2. The van der Waals surface area contributed by atoms with Crippen molar-refractivity contribution in [3.63, 3.8) is 0 Å². The quantitative estimate of drug-likeness (QED) is 0.418. The summed E-state index contributed by atoms with van der Waals surface area (Å²) >= 11 is 0. The zero-order valence-corrected chi connectivity index (χ0v) is 18.1. The molecule has 0 amide bonds. The standard InChI is InChI=1S/C27H22N6/c1-3-19-6-4-7-20(16-19)27(28)23-10-9-18(2)25(21(23)11-15-32-27)33-26-22(8-5-13-30-26)24-12-14-29-17-31-24/h1,4-17,32H,28H2,2H3,(H,30,33). The number of hydrogen-bond donors (Lipinski definition) is 3. The molecular weight excluding hydrogens is 408 g/mol. The molecule has 1 unspecified atom stereocenters. The number of nitrogens with one attached hydrogen (secondary N) is 2. The first kappa shape index (κ1) is 20.4. The first-order valence-corrected chi connectivity index (χ1v) is 10.5. The zero-order chi connectivity index (χ0) is 22.8. The molecule has 2 aromatic heterocycles. The van der Waals surface area contributed by atoms with E-state index in [0.29, 0.717) is 5.82 Å². The van der Waals surface area contributed by atoms with Gasteiger partial charge >= 0.3 is 0 Å². The van der Waals surface area contributed by atoms with Crippen LogP contribution >= 0.6 is 0 Å². The Labute approximate surface area is 192 Å². The normalized spacial score (nSPS) is 16.4. The first-order valence-electron chi connectivity index (χ1n) is 10.5. The van der Waals surface area contributed by atoms with Gasteiger partial charge in [-0.1, -0.05) is 30.2 Å². The molecule has 0 saturated carbocycles. The summed E-state index contributed by atoms with van der Waals surface area (Å²) in [6.45, 7) is 2.06. The van der Waals surface area contributed by atoms with Crippen molar-refractivity contribution in [2.24, 2.45) is 5.73 Å². The van der Waals surface area contributed by atoms with Gasteiger partial charge in [-0.2, -0.15) is 0 Å². The Morgan fingerprint density at radius 2 is 1.97 bits per heavy atom. The van der Waals surface area contributed by atoms with Crippen molar-refractivity contribution < 1.29 is 0 Å². The minimum Gasteiger partial charge on any atom is -0.366 e. The van der Waals surface area contributed by atoms with E-state index in [1.54, 1.807) is 12.4 Å². The number of hydrogen-bond acceptors (Lipinski definition) is 6. The van der Waals surface area contributed by atoms with Gasteiger partial charge in [-0.05, 0) is 60.7 Å². The van der Waals surface area contributed by atoms with Crippen molar-refractivity contribution >= 4 is 17.6 Å². The summed E-state index contributed by atoms with van der Waals surface area (Å²) in [4.78, 5) is 13.0. The predicted molar refractivity (Wildman–Crippen MR) is 131 cm³/mol. The largest absolute Gasteiger partial charge is 0.366 e. The van der Waals surface area contributed by atoms with Crippen LogP contribution in [-0.2, 0) is 5.66 Å². The summed E-state index contributed by atoms with van der Waals surface area (Å²) < 4.78 is 0. The van der Waals surface area contributed by atoms with Gasteiger partial charge in [0.2, 0.25) is 0 Å². The van der Waals surface area contributed by atoms with Crippen LogP contribution in [0.1, 0.15) is 27.8 Å². The summed E-state index contributed by atoms with van der Waals surface area (Å²) in [5.74, 6) is 3.40. The molecule has 1 aliphatic heterocycles. The molecule has 33 heavy (non-hydrogen) atoms. The molecule has 160 valence electrons. The molecule has 1 atom stereocenters. The summed E-state index contributed by atoms with van der Waals surface area (Å²) in [6.07, 6.45) is 14.5. The van der Waals surface area contributed by atoms with Crippen molar-refractivity contribution in [2.75, 3.05) is 5.32 Å². The third kappa shape index (κ3) is 3.61. The molecule has 4 aromatic rings. The average molecular weight is 431 g/mol. The van der Waals surface area contributed by atoms with Crippen molar-refractivity contribution in [1.29, 1.82) is 0 Å². The summed E-state index contributed by atoms with van der Waals surface area (Å²) in [7, 11) is 0. The van der Waals surface area contributed by atoms with E-state index in [1.165, 1.54) is 6.33 Å². The van der Waals surface area contributed by atoms with E-state index in [1.807, 2.05) is 54.7 Å². The van der Waals surface area contributed by atoms with Gasteiger partial charge in [0.05, 0.1) is 11.4 Å². The first-order chi connectivity index (χ1) is 16.1. The van der Waals surface area contributed by atoms with Crippen LogP contribution in [0.2, 0.25) is 0 Å². The zero-order valence-electron chi connectivity index (χ0n) is 18.1. The molecule has 0 aliphatic carbocycles. The molecule has 5 rings (SSSR count). The Morgan fingerprint density at radius 1 is 1.06 bits per heavy atom. The number of fused-ring (bicyclic) bond motifs is 1. The molecule has 4 N–H and O–H groups in total. The highest BCUT2D eigenvalue weighted by molar-refractivity contribution is 5.83. The van der Waals surface area contributed by atoms with Crippen molar-refractivity contribution in [1.82, 2.24) is 20.3 Å². The van der Waals surface area contributed by atoms with Gasteiger partial charge < -0.3 is 16.4 Å². The number of aryl methyl sites for hydroxylation is 1. The van der Waals surface area contributed by atoms with Gasteiger partial charge in [0.25, 0.3) is 0 Å². The molecule has 3 heterocycles. The Hall–Kier alpha value is -4.47. The van der Waals surface area contributed by atoms with Gasteiger partial charge in [-0.3, -0.25) is 0 Å². The molecule has 0 radical (unpaired) electrons. The number of terminal acetylenes is 1. The van der Waals surface area contributed by atoms with Crippen molar-refractivity contribution in [3.8, 4) is 23.6 Å². The molecule has 0 fully saturated rings. The highest BCUT2D eigenvalue weighted by Gasteiger charge is 2.34. The lowest BCUT2D eigenvalue weighted by molar-refractivity contribution is 0.474. The molecule has 1 aliphatic rings. The minimum atomic E-state index is -0.930. The van der Waals surface area contributed by atoms with Crippen LogP contribution in [-0.4, -0.2) is 15.0 Å². The number of benzene rings is 2. The van der Waals surface area contributed by atoms with Gasteiger partial charge in [-0.15, -0.1) is 6.42 Å². The topological polar surface area (TPSA) is 88.8 Å². The lowest BCUT2D eigenvalue weighted by atomic mass is 9.84. The van der Waals surface area contributed by atoms with E-state index in [2.05, 4.69) is 50.6 Å². The maximum Gasteiger partial charge on any atom is 0.139 e. The van der Waals surface area contributed by atoms with Crippen LogP contribution in [0, 0.1) is 19.3 Å². The van der Waals surface area contributed by atoms with E-state index in [4.69, 9.17) is 12.2 Å². The Morgan fingerprint density at radius 3 is 2.79 bits per heavy atom. The molecule has 2 aromatic carbocycles. The second kappa shape index (κ2) is 8.23. The number of nitrogens with two attached hydrogens (primary N) is 1. The fourth-order valence-electron chi connectivity index (χ4n) is 4.12. The minimum absolute atomic E-state index is 0.705. The van der Waals surface area contributed by atoms with Crippen LogP contribution in [0.3, 0.4) is 0 Å². The predicted octanol–water partition coefficient (Wildman–Crippen LogP) is 4.31. The molecule has 0 bridgehead atoms. The molecule has 0 saturated heterocycles. The van der Waals surface area contributed by atoms with E-state index < -0.39 is 5.66 Å². The third-order valence-electron chi connectivity index (χ3n) is 5.83. The van der Waals surface area contributed by atoms with Crippen molar-refractivity contribution in [3.05, 3.63) is 107 Å². The van der Waals surface area contributed by atoms with Gasteiger partial charge in [0.15, 0.2) is 0 Å². The van der Waals surface area contributed by atoms with Crippen LogP contribution in [0.15, 0.2) is 79.5 Å². The van der Waals surface area contributed by atoms with Gasteiger partial charge in [-0.25, -0.2) is 15.0 Å². The fourth-order valence-corrected chi connectivity index (χ4v) is 4.12. The van der Waals surface area contributed by atoms with E-state index in [0.717, 1.165) is 44.8 Å². The van der Waals surface area contributed by atoms with Crippen LogP contribution in [0.25, 0.3) is 17.3 Å². The van der Waals surface area contributed by atoms with Crippen LogP contribution in [0.5, 0.6) is 0 Å². The third-order valence-corrected chi connectivity index (χ3v) is 5.83. The maximum absolute atomic E-state index is 6.96. The Kier molecular flexibility index (Phi) is 5.09. The van der Waals surface area contributed by atoms with Crippen LogP contribution < -0.4 is 16.4 Å². The number of aromatic nitrogens is 3. The summed E-state index contributed by atoms with van der Waals surface area (Å²) in [5.41, 5.74) is 13.3. The van der Waals surface area contributed by atoms with Crippen LogP contribution in [0.4, 0.5) is 11.5 Å².